The third-order valence-corrected chi connectivity index (χ3v) is 2.16. The summed E-state index contributed by atoms with van der Waals surface area (Å²) in [5.41, 5.74) is -1.24. The van der Waals surface area contributed by atoms with Crippen LogP contribution in [0.4, 0.5) is 10.5 Å². The van der Waals surface area contributed by atoms with Crippen LogP contribution in [0.3, 0.4) is 0 Å². The number of carbonyl (C=O) groups excluding carboxylic acids is 1. The van der Waals surface area contributed by atoms with Crippen molar-refractivity contribution in [2.24, 2.45) is 0 Å². The number of amides is 1. The highest BCUT2D eigenvalue weighted by molar-refractivity contribution is 6.31. The van der Waals surface area contributed by atoms with Crippen molar-refractivity contribution in [3.05, 3.63) is 22.7 Å². The number of rotatable bonds is 2. The summed E-state index contributed by atoms with van der Waals surface area (Å²) < 4.78 is 4.99. The Bertz CT molecular complexity index is 522. The third kappa shape index (κ3) is 4.33. The molecular weight excluding hydrogens is 274 g/mol. The van der Waals surface area contributed by atoms with E-state index in [4.69, 9.17) is 21.4 Å². The first-order chi connectivity index (χ1) is 8.60. The van der Waals surface area contributed by atoms with E-state index in [0.29, 0.717) is 0 Å². The SMILES string of the molecule is CC(C)(C)OC(=O)Nc1cc(Cl)cc(C(=O)O)c1O. The lowest BCUT2D eigenvalue weighted by molar-refractivity contribution is 0.0631. The van der Waals surface area contributed by atoms with Gasteiger partial charge < -0.3 is 14.9 Å². The molecule has 0 radical (unpaired) electrons. The third-order valence-electron chi connectivity index (χ3n) is 1.94. The van der Waals surface area contributed by atoms with E-state index in [1.165, 1.54) is 6.07 Å². The molecule has 1 aromatic carbocycles. The molecule has 0 unspecified atom stereocenters. The smallest absolute Gasteiger partial charge is 0.412 e. The Kier molecular flexibility index (Phi) is 4.26. The van der Waals surface area contributed by atoms with E-state index >= 15 is 0 Å². The maximum atomic E-state index is 11.5. The van der Waals surface area contributed by atoms with Crippen molar-refractivity contribution in [2.75, 3.05) is 5.32 Å². The highest BCUT2D eigenvalue weighted by Crippen LogP contribution is 2.32. The van der Waals surface area contributed by atoms with Crippen LogP contribution in [-0.2, 0) is 4.74 Å². The number of carboxylic acids is 1. The molecule has 0 atom stereocenters. The summed E-state index contributed by atoms with van der Waals surface area (Å²) >= 11 is 5.72. The fourth-order valence-corrected chi connectivity index (χ4v) is 1.49. The summed E-state index contributed by atoms with van der Waals surface area (Å²) in [7, 11) is 0. The molecule has 0 saturated heterocycles. The number of benzene rings is 1. The van der Waals surface area contributed by atoms with E-state index in [1.54, 1.807) is 20.8 Å². The van der Waals surface area contributed by atoms with Crippen LogP contribution in [0.15, 0.2) is 12.1 Å². The average Bonchev–Trinajstić information content (AvgIpc) is 2.19. The lowest BCUT2D eigenvalue weighted by Gasteiger charge is -2.20. The van der Waals surface area contributed by atoms with Crippen molar-refractivity contribution < 1.29 is 24.5 Å². The van der Waals surface area contributed by atoms with Crippen molar-refractivity contribution in [2.45, 2.75) is 26.4 Å². The second-order valence-electron chi connectivity index (χ2n) is 4.78. The summed E-state index contributed by atoms with van der Waals surface area (Å²) in [5.74, 6) is -1.94. The Morgan fingerprint density at radius 1 is 1.32 bits per heavy atom. The molecule has 3 N–H and O–H groups in total. The number of hydrogen-bond acceptors (Lipinski definition) is 4. The van der Waals surface area contributed by atoms with Crippen LogP contribution in [0.2, 0.25) is 5.02 Å². The van der Waals surface area contributed by atoms with Gasteiger partial charge in [0.15, 0.2) is 5.75 Å². The van der Waals surface area contributed by atoms with Crippen LogP contribution in [-0.4, -0.2) is 27.9 Å². The van der Waals surface area contributed by atoms with Gasteiger partial charge in [-0.1, -0.05) is 11.6 Å². The van der Waals surface area contributed by atoms with Crippen LogP contribution >= 0.6 is 11.6 Å². The molecule has 19 heavy (non-hydrogen) atoms. The number of hydrogen-bond donors (Lipinski definition) is 3. The standard InChI is InChI=1S/C12H14ClNO5/c1-12(2,3)19-11(18)14-8-5-6(13)4-7(9(8)15)10(16)17/h4-5,15H,1-3H3,(H,14,18)(H,16,17). The first-order valence-electron chi connectivity index (χ1n) is 5.36. The summed E-state index contributed by atoms with van der Waals surface area (Å²) in [4.78, 5) is 22.4. The predicted octanol–water partition coefficient (Wildman–Crippen LogP) is 3.09. The minimum atomic E-state index is -1.35. The molecule has 0 fully saturated rings. The maximum absolute atomic E-state index is 11.5. The highest BCUT2D eigenvalue weighted by Gasteiger charge is 2.20. The van der Waals surface area contributed by atoms with Crippen LogP contribution in [0, 0.1) is 0 Å². The van der Waals surface area contributed by atoms with E-state index in [1.807, 2.05) is 0 Å². The highest BCUT2D eigenvalue weighted by atomic mass is 35.5. The minimum Gasteiger partial charge on any atom is -0.505 e. The van der Waals surface area contributed by atoms with Gasteiger partial charge in [0, 0.05) is 5.02 Å². The molecule has 1 amide bonds. The lowest BCUT2D eigenvalue weighted by atomic mass is 10.1. The molecule has 104 valence electrons. The zero-order valence-corrected chi connectivity index (χ0v) is 11.4. The second-order valence-corrected chi connectivity index (χ2v) is 5.22. The van der Waals surface area contributed by atoms with Gasteiger partial charge in [-0.25, -0.2) is 9.59 Å². The molecule has 1 rings (SSSR count). The Morgan fingerprint density at radius 3 is 2.37 bits per heavy atom. The van der Waals surface area contributed by atoms with Gasteiger partial charge in [0.25, 0.3) is 0 Å². The molecule has 0 spiro atoms. The number of nitrogens with one attached hydrogen (secondary N) is 1. The van der Waals surface area contributed by atoms with Crippen molar-refractivity contribution in [3.63, 3.8) is 0 Å². The Balaban J connectivity index is 3.02. The normalized spacial score (nSPS) is 10.9. The predicted molar refractivity (Wildman–Crippen MR) is 69.9 cm³/mol. The van der Waals surface area contributed by atoms with Crippen LogP contribution < -0.4 is 5.32 Å². The van der Waals surface area contributed by atoms with Crippen molar-refractivity contribution in [1.29, 1.82) is 0 Å². The maximum Gasteiger partial charge on any atom is 0.412 e. The topological polar surface area (TPSA) is 95.9 Å². The van der Waals surface area contributed by atoms with Gasteiger partial charge in [-0.05, 0) is 32.9 Å². The summed E-state index contributed by atoms with van der Waals surface area (Å²) in [6.07, 6.45) is -0.818. The first kappa shape index (κ1) is 15.1. The van der Waals surface area contributed by atoms with E-state index in [0.717, 1.165) is 6.07 Å². The monoisotopic (exact) mass is 287 g/mol. The largest absolute Gasteiger partial charge is 0.505 e. The van der Waals surface area contributed by atoms with Gasteiger partial charge in [-0.15, -0.1) is 0 Å². The number of carbonyl (C=O) groups is 2. The van der Waals surface area contributed by atoms with E-state index in [2.05, 4.69) is 5.32 Å². The molecule has 1 aromatic rings. The number of phenols is 1. The van der Waals surface area contributed by atoms with Gasteiger partial charge in [-0.3, -0.25) is 5.32 Å². The molecule has 6 nitrogen and oxygen atoms in total. The molecule has 0 bridgehead atoms. The number of aromatic carboxylic acids is 1. The lowest BCUT2D eigenvalue weighted by Crippen LogP contribution is -2.27. The van der Waals surface area contributed by atoms with Crippen molar-refractivity contribution in [1.82, 2.24) is 0 Å². The number of halogens is 1. The molecule has 0 aliphatic carbocycles. The van der Waals surface area contributed by atoms with Crippen LogP contribution in [0.1, 0.15) is 31.1 Å². The van der Waals surface area contributed by atoms with E-state index in [9.17, 15) is 14.7 Å². The van der Waals surface area contributed by atoms with Crippen molar-refractivity contribution in [3.8, 4) is 5.75 Å². The molecule has 7 heteroatoms. The summed E-state index contributed by atoms with van der Waals surface area (Å²) in [6, 6.07) is 2.31. The molecular formula is C12H14ClNO5. The fraction of sp³-hybridized carbons (Fsp3) is 0.333. The zero-order valence-electron chi connectivity index (χ0n) is 10.7. The molecule has 0 aromatic heterocycles. The minimum absolute atomic E-state index is 0.0706. The molecule has 0 heterocycles. The van der Waals surface area contributed by atoms with Gasteiger partial charge in [0.05, 0.1) is 5.69 Å². The van der Waals surface area contributed by atoms with Gasteiger partial charge in [0.1, 0.15) is 11.2 Å². The molecule has 0 aliphatic rings. The quantitative estimate of drug-likeness (QED) is 0.726. The first-order valence-corrected chi connectivity index (χ1v) is 5.74. The number of anilines is 1. The Morgan fingerprint density at radius 2 is 1.89 bits per heavy atom. The van der Waals surface area contributed by atoms with Crippen LogP contribution in [0.25, 0.3) is 0 Å². The average molecular weight is 288 g/mol. The zero-order chi connectivity index (χ0) is 14.8. The fourth-order valence-electron chi connectivity index (χ4n) is 1.27. The molecule has 0 saturated carbocycles. The molecule has 0 aliphatic heterocycles. The van der Waals surface area contributed by atoms with Gasteiger partial charge in [0.2, 0.25) is 0 Å². The number of aromatic hydroxyl groups is 1. The van der Waals surface area contributed by atoms with Gasteiger partial charge >= 0.3 is 12.1 Å². The van der Waals surface area contributed by atoms with Crippen molar-refractivity contribution >= 4 is 29.4 Å². The van der Waals surface area contributed by atoms with Crippen LogP contribution in [0.5, 0.6) is 5.75 Å². The van der Waals surface area contributed by atoms with Gasteiger partial charge in [-0.2, -0.15) is 0 Å². The summed E-state index contributed by atoms with van der Waals surface area (Å²) in [5, 5.41) is 20.9. The Labute approximate surface area is 114 Å². The number of ether oxygens (including phenoxy) is 1. The number of carboxylic acid groups (broad SMARTS) is 1. The Hall–Kier alpha value is -1.95. The van der Waals surface area contributed by atoms with E-state index in [-0.39, 0.29) is 10.7 Å². The van der Waals surface area contributed by atoms with E-state index < -0.39 is 29.0 Å². The second kappa shape index (κ2) is 5.36. The summed E-state index contributed by atoms with van der Waals surface area (Å²) in [6.45, 7) is 5.02.